The van der Waals surface area contributed by atoms with Crippen LogP contribution in [-0.4, -0.2) is 28.1 Å². The van der Waals surface area contributed by atoms with E-state index >= 15 is 0 Å². The zero-order valence-corrected chi connectivity index (χ0v) is 12.7. The van der Waals surface area contributed by atoms with E-state index in [2.05, 4.69) is 24.1 Å². The number of carbonyl (C=O) groups is 1. The summed E-state index contributed by atoms with van der Waals surface area (Å²) in [5, 5.41) is 13.6. The Morgan fingerprint density at radius 2 is 2.05 bits per heavy atom. The molecule has 0 saturated heterocycles. The van der Waals surface area contributed by atoms with Crippen molar-refractivity contribution in [3.63, 3.8) is 0 Å². The highest BCUT2D eigenvalue weighted by atomic mass is 35.5. The molecule has 0 radical (unpaired) electrons. The van der Waals surface area contributed by atoms with Crippen LogP contribution in [0.25, 0.3) is 0 Å². The number of amides is 1. The van der Waals surface area contributed by atoms with Crippen LogP contribution in [0.3, 0.4) is 0 Å². The van der Waals surface area contributed by atoms with Gasteiger partial charge in [0.15, 0.2) is 0 Å². The number of halogens is 1. The minimum absolute atomic E-state index is 0.257. The lowest BCUT2D eigenvalue weighted by atomic mass is 9.71. The molecule has 2 rings (SSSR count). The van der Waals surface area contributed by atoms with Gasteiger partial charge in [0.2, 0.25) is 0 Å². The van der Waals surface area contributed by atoms with Crippen molar-refractivity contribution in [2.45, 2.75) is 45.1 Å². The SMILES string of the molecule is CC1(C)CCC(O)(CNC(=O)c2cnccc2Cl)CC1. The van der Waals surface area contributed by atoms with Gasteiger partial charge in [-0.3, -0.25) is 9.78 Å². The van der Waals surface area contributed by atoms with Gasteiger partial charge in [0.25, 0.3) is 5.91 Å². The van der Waals surface area contributed by atoms with Crippen molar-refractivity contribution in [2.75, 3.05) is 6.54 Å². The number of carbonyl (C=O) groups excluding carboxylic acids is 1. The summed E-state index contributed by atoms with van der Waals surface area (Å²) in [6.07, 6.45) is 6.32. The van der Waals surface area contributed by atoms with Crippen LogP contribution >= 0.6 is 11.6 Å². The molecule has 0 unspecified atom stereocenters. The van der Waals surface area contributed by atoms with Crippen LogP contribution < -0.4 is 5.32 Å². The van der Waals surface area contributed by atoms with E-state index in [0.717, 1.165) is 12.8 Å². The Balaban J connectivity index is 1.92. The molecule has 1 aromatic rings. The number of aliphatic hydroxyl groups is 1. The van der Waals surface area contributed by atoms with Crippen molar-refractivity contribution in [1.82, 2.24) is 10.3 Å². The van der Waals surface area contributed by atoms with Crippen molar-refractivity contribution in [3.8, 4) is 0 Å². The monoisotopic (exact) mass is 296 g/mol. The van der Waals surface area contributed by atoms with Crippen LogP contribution in [0.1, 0.15) is 49.9 Å². The quantitative estimate of drug-likeness (QED) is 0.901. The van der Waals surface area contributed by atoms with E-state index in [1.807, 2.05) is 0 Å². The highest BCUT2D eigenvalue weighted by Gasteiger charge is 2.36. The first-order valence-electron chi connectivity index (χ1n) is 6.92. The Kier molecular flexibility index (Phi) is 4.35. The first-order valence-corrected chi connectivity index (χ1v) is 7.29. The van der Waals surface area contributed by atoms with Gasteiger partial charge in [-0.25, -0.2) is 0 Å². The second kappa shape index (κ2) is 5.70. The fraction of sp³-hybridized carbons (Fsp3) is 0.600. The maximum atomic E-state index is 12.0. The van der Waals surface area contributed by atoms with E-state index in [0.29, 0.717) is 23.4 Å². The van der Waals surface area contributed by atoms with Gasteiger partial charge in [-0.2, -0.15) is 0 Å². The molecule has 0 aliphatic heterocycles. The number of hydrogen-bond acceptors (Lipinski definition) is 3. The maximum absolute atomic E-state index is 12.0. The molecular weight excluding hydrogens is 276 g/mol. The van der Waals surface area contributed by atoms with Crippen LogP contribution in [0.15, 0.2) is 18.5 Å². The van der Waals surface area contributed by atoms with Gasteiger partial charge in [0.1, 0.15) is 0 Å². The molecule has 1 aromatic heterocycles. The number of nitrogens with zero attached hydrogens (tertiary/aromatic N) is 1. The Hall–Kier alpha value is -1.13. The lowest BCUT2D eigenvalue weighted by Gasteiger charge is -2.40. The van der Waals surface area contributed by atoms with Gasteiger partial charge in [0.05, 0.1) is 16.2 Å². The van der Waals surface area contributed by atoms with E-state index in [-0.39, 0.29) is 17.9 Å². The molecule has 2 N–H and O–H groups in total. The fourth-order valence-corrected chi connectivity index (χ4v) is 2.64. The molecule has 0 atom stereocenters. The second-order valence-electron chi connectivity index (χ2n) is 6.43. The first-order chi connectivity index (χ1) is 9.31. The molecule has 20 heavy (non-hydrogen) atoms. The molecule has 1 aliphatic rings. The van der Waals surface area contributed by atoms with Crippen LogP contribution in [0.4, 0.5) is 0 Å². The predicted octanol–water partition coefficient (Wildman–Crippen LogP) is 2.80. The molecule has 110 valence electrons. The lowest BCUT2D eigenvalue weighted by Crippen LogP contribution is -2.46. The topological polar surface area (TPSA) is 62.2 Å². The summed E-state index contributed by atoms with van der Waals surface area (Å²) in [7, 11) is 0. The molecule has 5 heteroatoms. The summed E-state index contributed by atoms with van der Waals surface area (Å²) in [6.45, 7) is 4.67. The van der Waals surface area contributed by atoms with Crippen LogP contribution in [0.5, 0.6) is 0 Å². The number of nitrogens with one attached hydrogen (secondary N) is 1. The van der Waals surface area contributed by atoms with Crippen molar-refractivity contribution < 1.29 is 9.90 Å². The Bertz CT molecular complexity index is 492. The van der Waals surface area contributed by atoms with Gasteiger partial charge in [0, 0.05) is 18.9 Å². The zero-order chi connectivity index (χ0) is 14.8. The van der Waals surface area contributed by atoms with E-state index in [4.69, 9.17) is 11.6 Å². The van der Waals surface area contributed by atoms with Crippen LogP contribution in [0.2, 0.25) is 5.02 Å². The lowest BCUT2D eigenvalue weighted by molar-refractivity contribution is -0.0233. The standard InChI is InChI=1S/C15H21ClN2O2/c1-14(2)4-6-15(20,7-5-14)10-18-13(19)11-9-17-8-3-12(11)16/h3,8-9,20H,4-7,10H2,1-2H3,(H,18,19). The molecular formula is C15H21ClN2O2. The summed E-state index contributed by atoms with van der Waals surface area (Å²) in [4.78, 5) is 15.9. The smallest absolute Gasteiger partial charge is 0.254 e. The van der Waals surface area contributed by atoms with Crippen molar-refractivity contribution in [2.24, 2.45) is 5.41 Å². The summed E-state index contributed by atoms with van der Waals surface area (Å²) < 4.78 is 0. The van der Waals surface area contributed by atoms with Gasteiger partial charge in [-0.05, 0) is 37.2 Å². The van der Waals surface area contributed by atoms with Gasteiger partial charge in [-0.15, -0.1) is 0 Å². The highest BCUT2D eigenvalue weighted by molar-refractivity contribution is 6.33. The van der Waals surface area contributed by atoms with E-state index in [1.165, 1.54) is 12.4 Å². The zero-order valence-electron chi connectivity index (χ0n) is 11.9. The van der Waals surface area contributed by atoms with E-state index in [1.54, 1.807) is 6.07 Å². The van der Waals surface area contributed by atoms with Crippen molar-refractivity contribution >= 4 is 17.5 Å². The maximum Gasteiger partial charge on any atom is 0.254 e. The van der Waals surface area contributed by atoms with Crippen molar-refractivity contribution in [3.05, 3.63) is 29.0 Å². The molecule has 1 aliphatic carbocycles. The minimum atomic E-state index is -0.806. The summed E-state index contributed by atoms with van der Waals surface area (Å²) >= 11 is 5.95. The average Bonchev–Trinajstić information content (AvgIpc) is 2.41. The summed E-state index contributed by atoms with van der Waals surface area (Å²) in [5.74, 6) is -0.290. The third-order valence-electron chi connectivity index (χ3n) is 4.12. The number of rotatable bonds is 3. The second-order valence-corrected chi connectivity index (χ2v) is 6.83. The molecule has 4 nitrogen and oxygen atoms in total. The molecule has 1 saturated carbocycles. The molecule has 0 spiro atoms. The summed E-state index contributed by atoms with van der Waals surface area (Å²) in [6, 6.07) is 1.58. The third-order valence-corrected chi connectivity index (χ3v) is 4.45. The van der Waals surface area contributed by atoms with Gasteiger partial charge < -0.3 is 10.4 Å². The number of hydrogen-bond donors (Lipinski definition) is 2. The minimum Gasteiger partial charge on any atom is -0.388 e. The van der Waals surface area contributed by atoms with Crippen LogP contribution in [-0.2, 0) is 0 Å². The summed E-state index contributed by atoms with van der Waals surface area (Å²) in [5.41, 5.74) is -0.183. The first kappa shape index (κ1) is 15.3. The molecule has 1 amide bonds. The predicted molar refractivity (Wildman–Crippen MR) is 78.8 cm³/mol. The normalized spacial score (nSPS) is 20.4. The fourth-order valence-electron chi connectivity index (χ4n) is 2.45. The highest BCUT2D eigenvalue weighted by Crippen LogP contribution is 2.39. The number of pyridine rings is 1. The average molecular weight is 297 g/mol. The third kappa shape index (κ3) is 3.70. The van der Waals surface area contributed by atoms with Crippen molar-refractivity contribution in [1.29, 1.82) is 0 Å². The Morgan fingerprint density at radius 1 is 1.40 bits per heavy atom. The molecule has 0 aromatic carbocycles. The number of aromatic nitrogens is 1. The Morgan fingerprint density at radius 3 is 2.65 bits per heavy atom. The molecule has 1 heterocycles. The van der Waals surface area contributed by atoms with Crippen LogP contribution in [0, 0.1) is 5.41 Å². The Labute approximate surface area is 124 Å². The molecule has 0 bridgehead atoms. The van der Waals surface area contributed by atoms with E-state index < -0.39 is 5.60 Å². The molecule has 1 fully saturated rings. The largest absolute Gasteiger partial charge is 0.388 e. The van der Waals surface area contributed by atoms with E-state index in [9.17, 15) is 9.90 Å². The van der Waals surface area contributed by atoms with Gasteiger partial charge >= 0.3 is 0 Å². The van der Waals surface area contributed by atoms with Gasteiger partial charge in [-0.1, -0.05) is 25.4 Å².